The monoisotopic (exact) mass is 345 g/mol. The van der Waals surface area contributed by atoms with Gasteiger partial charge in [-0.25, -0.2) is 0 Å². The van der Waals surface area contributed by atoms with Crippen LogP contribution in [0.2, 0.25) is 10.0 Å². The van der Waals surface area contributed by atoms with Gasteiger partial charge in [0.25, 0.3) is 5.91 Å². The topological polar surface area (TPSA) is 42.2 Å². The second-order valence-corrected chi connectivity index (χ2v) is 5.94. The van der Waals surface area contributed by atoms with Crippen LogP contribution in [0.4, 0.5) is 5.69 Å². The number of aryl methyl sites for hydroxylation is 1. The molecule has 1 amide bonds. The molecule has 5 heteroatoms. The molecule has 1 heterocycles. The number of carbonyl (C=O) groups is 1. The van der Waals surface area contributed by atoms with Gasteiger partial charge in [-0.05, 0) is 48.9 Å². The van der Waals surface area contributed by atoms with Crippen LogP contribution in [0.1, 0.15) is 16.1 Å². The zero-order valence-corrected chi connectivity index (χ0v) is 13.8. The minimum absolute atomic E-state index is 0.219. The van der Waals surface area contributed by atoms with Crippen molar-refractivity contribution in [2.24, 2.45) is 0 Å². The van der Waals surface area contributed by atoms with Crippen molar-refractivity contribution in [3.8, 4) is 11.3 Å². The lowest BCUT2D eigenvalue weighted by atomic mass is 10.1. The molecule has 2 aromatic carbocycles. The minimum atomic E-state index is -0.336. The van der Waals surface area contributed by atoms with Gasteiger partial charge < -0.3 is 9.73 Å². The van der Waals surface area contributed by atoms with Gasteiger partial charge in [-0.2, -0.15) is 0 Å². The van der Waals surface area contributed by atoms with Crippen molar-refractivity contribution in [2.75, 3.05) is 5.32 Å². The Labute approximate surface area is 143 Å². The lowest BCUT2D eigenvalue weighted by Gasteiger charge is -2.04. The van der Waals surface area contributed by atoms with Gasteiger partial charge in [-0.3, -0.25) is 4.79 Å². The molecule has 116 valence electrons. The van der Waals surface area contributed by atoms with Gasteiger partial charge in [-0.1, -0.05) is 41.4 Å². The van der Waals surface area contributed by atoms with Crippen LogP contribution < -0.4 is 5.32 Å². The van der Waals surface area contributed by atoms with E-state index < -0.39 is 0 Å². The van der Waals surface area contributed by atoms with Crippen LogP contribution in [-0.2, 0) is 0 Å². The fourth-order valence-electron chi connectivity index (χ4n) is 2.12. The highest BCUT2D eigenvalue weighted by atomic mass is 35.5. The number of halogens is 2. The molecule has 0 spiro atoms. The zero-order chi connectivity index (χ0) is 16.4. The minimum Gasteiger partial charge on any atom is -0.451 e. The predicted molar refractivity (Wildman–Crippen MR) is 93.3 cm³/mol. The molecule has 0 bridgehead atoms. The molecule has 0 saturated heterocycles. The molecule has 3 nitrogen and oxygen atoms in total. The van der Waals surface area contributed by atoms with E-state index in [1.165, 1.54) is 0 Å². The van der Waals surface area contributed by atoms with Crippen molar-refractivity contribution < 1.29 is 9.21 Å². The van der Waals surface area contributed by atoms with E-state index in [9.17, 15) is 4.79 Å². The second kappa shape index (κ2) is 6.49. The number of nitrogens with one attached hydrogen (secondary N) is 1. The second-order valence-electron chi connectivity index (χ2n) is 5.09. The van der Waals surface area contributed by atoms with E-state index in [0.717, 1.165) is 11.1 Å². The van der Waals surface area contributed by atoms with Crippen molar-refractivity contribution in [3.05, 3.63) is 76.0 Å². The van der Waals surface area contributed by atoms with Gasteiger partial charge in [0.1, 0.15) is 5.76 Å². The van der Waals surface area contributed by atoms with Crippen LogP contribution in [-0.4, -0.2) is 5.91 Å². The number of hydrogen-bond donors (Lipinski definition) is 1. The normalized spacial score (nSPS) is 10.6. The molecule has 23 heavy (non-hydrogen) atoms. The SMILES string of the molecule is Cc1ccc(-c2ccc(C(=O)Nc3cccc(Cl)c3)o2)cc1Cl. The molecule has 1 N–H and O–H groups in total. The molecular weight excluding hydrogens is 333 g/mol. The van der Waals surface area contributed by atoms with Gasteiger partial charge in [-0.15, -0.1) is 0 Å². The highest BCUT2D eigenvalue weighted by Gasteiger charge is 2.13. The van der Waals surface area contributed by atoms with E-state index in [0.29, 0.717) is 21.5 Å². The lowest BCUT2D eigenvalue weighted by molar-refractivity contribution is 0.0997. The van der Waals surface area contributed by atoms with E-state index in [1.54, 1.807) is 36.4 Å². The fourth-order valence-corrected chi connectivity index (χ4v) is 2.49. The summed E-state index contributed by atoms with van der Waals surface area (Å²) in [5.41, 5.74) is 2.42. The summed E-state index contributed by atoms with van der Waals surface area (Å²) in [6.07, 6.45) is 0. The maximum atomic E-state index is 12.2. The summed E-state index contributed by atoms with van der Waals surface area (Å²) < 4.78 is 5.63. The lowest BCUT2D eigenvalue weighted by Crippen LogP contribution is -2.10. The molecule has 0 atom stereocenters. The Morgan fingerprint density at radius 3 is 2.61 bits per heavy atom. The number of anilines is 1. The van der Waals surface area contributed by atoms with Gasteiger partial charge in [0.05, 0.1) is 0 Å². The smallest absolute Gasteiger partial charge is 0.291 e. The third kappa shape index (κ3) is 3.58. The van der Waals surface area contributed by atoms with Gasteiger partial charge in [0.2, 0.25) is 0 Å². The maximum Gasteiger partial charge on any atom is 0.291 e. The quantitative estimate of drug-likeness (QED) is 0.650. The highest BCUT2D eigenvalue weighted by Crippen LogP contribution is 2.27. The number of carbonyl (C=O) groups excluding carboxylic acids is 1. The molecule has 3 rings (SSSR count). The Morgan fingerprint density at radius 2 is 1.87 bits per heavy atom. The van der Waals surface area contributed by atoms with E-state index in [1.807, 2.05) is 25.1 Å². The van der Waals surface area contributed by atoms with Gasteiger partial charge >= 0.3 is 0 Å². The van der Waals surface area contributed by atoms with E-state index >= 15 is 0 Å². The predicted octanol–water partition coefficient (Wildman–Crippen LogP) is 5.81. The fraction of sp³-hybridized carbons (Fsp3) is 0.0556. The van der Waals surface area contributed by atoms with Crippen molar-refractivity contribution in [1.29, 1.82) is 0 Å². The van der Waals surface area contributed by atoms with Crippen LogP contribution >= 0.6 is 23.2 Å². The average molecular weight is 346 g/mol. The number of benzene rings is 2. The van der Waals surface area contributed by atoms with Crippen molar-refractivity contribution >= 4 is 34.8 Å². The maximum absolute atomic E-state index is 12.2. The summed E-state index contributed by atoms with van der Waals surface area (Å²) in [5.74, 6) is 0.469. The first-order chi connectivity index (χ1) is 11.0. The number of rotatable bonds is 3. The van der Waals surface area contributed by atoms with E-state index in [-0.39, 0.29) is 11.7 Å². The molecule has 0 fully saturated rings. The Balaban J connectivity index is 1.81. The van der Waals surface area contributed by atoms with Crippen LogP contribution in [0.5, 0.6) is 0 Å². The first-order valence-corrected chi connectivity index (χ1v) is 7.72. The Morgan fingerprint density at radius 1 is 1.04 bits per heavy atom. The molecular formula is C18H13Cl2NO2. The molecule has 3 aromatic rings. The first kappa shape index (κ1) is 15.7. The number of furan rings is 1. The van der Waals surface area contributed by atoms with Crippen molar-refractivity contribution in [2.45, 2.75) is 6.92 Å². The summed E-state index contributed by atoms with van der Waals surface area (Å²) >= 11 is 12.0. The molecule has 1 aromatic heterocycles. The summed E-state index contributed by atoms with van der Waals surface area (Å²) in [6, 6.07) is 15.9. The van der Waals surface area contributed by atoms with Crippen LogP contribution in [0.15, 0.2) is 59.0 Å². The number of hydrogen-bond acceptors (Lipinski definition) is 2. The summed E-state index contributed by atoms with van der Waals surface area (Å²) in [4.78, 5) is 12.2. The van der Waals surface area contributed by atoms with Crippen LogP contribution in [0, 0.1) is 6.92 Å². The third-order valence-electron chi connectivity index (χ3n) is 3.37. The average Bonchev–Trinajstić information content (AvgIpc) is 3.00. The largest absolute Gasteiger partial charge is 0.451 e. The van der Waals surface area contributed by atoms with Gasteiger partial charge in [0.15, 0.2) is 5.76 Å². The Hall–Kier alpha value is -2.23. The van der Waals surface area contributed by atoms with Crippen LogP contribution in [0.3, 0.4) is 0 Å². The standard InChI is InChI=1S/C18H13Cl2NO2/c1-11-5-6-12(9-15(11)20)16-7-8-17(23-16)18(22)21-14-4-2-3-13(19)10-14/h2-10H,1H3,(H,21,22). The third-order valence-corrected chi connectivity index (χ3v) is 4.01. The molecule has 0 aliphatic heterocycles. The molecule has 0 aliphatic carbocycles. The summed E-state index contributed by atoms with van der Waals surface area (Å²) in [7, 11) is 0. The summed E-state index contributed by atoms with van der Waals surface area (Å²) in [5, 5.41) is 3.95. The Bertz CT molecular complexity index is 871. The highest BCUT2D eigenvalue weighted by molar-refractivity contribution is 6.31. The first-order valence-electron chi connectivity index (χ1n) is 6.96. The van der Waals surface area contributed by atoms with Crippen molar-refractivity contribution in [3.63, 3.8) is 0 Å². The molecule has 0 aliphatic rings. The number of amides is 1. The van der Waals surface area contributed by atoms with E-state index in [4.69, 9.17) is 27.6 Å². The zero-order valence-electron chi connectivity index (χ0n) is 12.3. The van der Waals surface area contributed by atoms with Gasteiger partial charge in [0, 0.05) is 21.3 Å². The van der Waals surface area contributed by atoms with E-state index in [2.05, 4.69) is 5.32 Å². The van der Waals surface area contributed by atoms with Crippen LogP contribution in [0.25, 0.3) is 11.3 Å². The molecule has 0 radical (unpaired) electrons. The molecule has 0 saturated carbocycles. The summed E-state index contributed by atoms with van der Waals surface area (Å²) in [6.45, 7) is 1.93. The van der Waals surface area contributed by atoms with Crippen molar-refractivity contribution in [1.82, 2.24) is 0 Å². The molecule has 0 unspecified atom stereocenters. The Kier molecular flexibility index (Phi) is 4.42.